The highest BCUT2D eigenvalue weighted by Gasteiger charge is 2.30. The number of morpholine rings is 1. The topological polar surface area (TPSA) is 41.6 Å². The number of ether oxygens (including phenoxy) is 1. The molecule has 4 heteroatoms. The second-order valence-electron chi connectivity index (χ2n) is 4.65. The third-order valence-corrected chi connectivity index (χ3v) is 3.20. The van der Waals surface area contributed by atoms with Gasteiger partial charge in [-0.1, -0.05) is 30.3 Å². The van der Waals surface area contributed by atoms with Gasteiger partial charge in [0, 0.05) is 6.54 Å². The lowest BCUT2D eigenvalue weighted by molar-refractivity contribution is -0.143. The quantitative estimate of drug-likeness (QED) is 0.873. The summed E-state index contributed by atoms with van der Waals surface area (Å²) >= 11 is 0. The van der Waals surface area contributed by atoms with E-state index in [1.807, 2.05) is 42.2 Å². The Morgan fingerprint density at radius 3 is 2.83 bits per heavy atom. The zero-order valence-corrected chi connectivity index (χ0v) is 10.9. The van der Waals surface area contributed by atoms with Crippen LogP contribution in [-0.2, 0) is 9.53 Å². The summed E-state index contributed by atoms with van der Waals surface area (Å²) in [5, 5.41) is 2.92. The number of benzene rings is 1. The predicted molar refractivity (Wildman–Crippen MR) is 70.2 cm³/mol. The fraction of sp³-hybridized carbons (Fsp3) is 0.500. The summed E-state index contributed by atoms with van der Waals surface area (Å²) in [5.41, 5.74) is 1.13. The van der Waals surface area contributed by atoms with E-state index in [0.29, 0.717) is 19.7 Å². The lowest BCUT2D eigenvalue weighted by atomic mass is 10.0. The molecule has 2 atom stereocenters. The Morgan fingerprint density at radius 1 is 1.44 bits per heavy atom. The van der Waals surface area contributed by atoms with Crippen molar-refractivity contribution in [3.63, 3.8) is 0 Å². The van der Waals surface area contributed by atoms with E-state index in [4.69, 9.17) is 4.74 Å². The van der Waals surface area contributed by atoms with Crippen molar-refractivity contribution in [1.82, 2.24) is 10.2 Å². The Morgan fingerprint density at radius 2 is 2.17 bits per heavy atom. The van der Waals surface area contributed by atoms with Gasteiger partial charge in [0.05, 0.1) is 25.3 Å². The fourth-order valence-corrected chi connectivity index (χ4v) is 2.28. The van der Waals surface area contributed by atoms with Gasteiger partial charge in [-0.15, -0.1) is 0 Å². The van der Waals surface area contributed by atoms with Gasteiger partial charge >= 0.3 is 0 Å². The molecule has 2 rings (SSSR count). The molecule has 98 valence electrons. The number of amides is 1. The highest BCUT2D eigenvalue weighted by Crippen LogP contribution is 2.25. The summed E-state index contributed by atoms with van der Waals surface area (Å²) in [6, 6.07) is 10.1. The highest BCUT2D eigenvalue weighted by atomic mass is 16.5. The summed E-state index contributed by atoms with van der Waals surface area (Å²) in [6.07, 6.45) is 0.103. The van der Waals surface area contributed by atoms with Gasteiger partial charge < -0.3 is 15.0 Å². The molecule has 4 nitrogen and oxygen atoms in total. The normalized spacial score (nSPS) is 24.0. The van der Waals surface area contributed by atoms with Crippen LogP contribution in [0, 0.1) is 0 Å². The van der Waals surface area contributed by atoms with Crippen molar-refractivity contribution >= 4 is 5.91 Å². The van der Waals surface area contributed by atoms with Gasteiger partial charge in [0.2, 0.25) is 5.91 Å². The molecule has 0 aromatic heterocycles. The van der Waals surface area contributed by atoms with Crippen LogP contribution >= 0.6 is 0 Å². The third kappa shape index (κ3) is 2.89. The van der Waals surface area contributed by atoms with Gasteiger partial charge in [0.25, 0.3) is 0 Å². The Balaban J connectivity index is 2.18. The van der Waals surface area contributed by atoms with Crippen molar-refractivity contribution in [1.29, 1.82) is 0 Å². The Hall–Kier alpha value is -1.39. The lowest BCUT2D eigenvalue weighted by Gasteiger charge is -2.39. The second kappa shape index (κ2) is 5.98. The van der Waals surface area contributed by atoms with E-state index in [0.717, 1.165) is 5.56 Å². The Kier molecular flexibility index (Phi) is 4.33. The molecular weight excluding hydrogens is 228 g/mol. The SMILES string of the molecule is CNCC(=O)N1C[C@@H](C)OC[C@@H]1c1ccccc1. The molecular formula is C14H20N2O2. The molecule has 0 saturated carbocycles. The summed E-state index contributed by atoms with van der Waals surface area (Å²) in [7, 11) is 1.79. The van der Waals surface area contributed by atoms with Crippen molar-refractivity contribution in [3.8, 4) is 0 Å². The molecule has 1 aromatic carbocycles. The number of carbonyl (C=O) groups excluding carboxylic acids is 1. The highest BCUT2D eigenvalue weighted by molar-refractivity contribution is 5.79. The third-order valence-electron chi connectivity index (χ3n) is 3.20. The molecule has 1 aliphatic heterocycles. The largest absolute Gasteiger partial charge is 0.374 e. The zero-order chi connectivity index (χ0) is 13.0. The number of rotatable bonds is 3. The van der Waals surface area contributed by atoms with Crippen LogP contribution in [0.1, 0.15) is 18.5 Å². The first-order chi connectivity index (χ1) is 8.72. The molecule has 1 saturated heterocycles. The van der Waals surface area contributed by atoms with Crippen LogP contribution in [0.3, 0.4) is 0 Å². The second-order valence-corrected chi connectivity index (χ2v) is 4.65. The first-order valence-electron chi connectivity index (χ1n) is 6.33. The van der Waals surface area contributed by atoms with E-state index in [2.05, 4.69) is 5.32 Å². The fourth-order valence-electron chi connectivity index (χ4n) is 2.28. The molecule has 18 heavy (non-hydrogen) atoms. The van der Waals surface area contributed by atoms with Gasteiger partial charge in [0.15, 0.2) is 0 Å². The first-order valence-corrected chi connectivity index (χ1v) is 6.33. The lowest BCUT2D eigenvalue weighted by Crippen LogP contribution is -2.49. The Bertz CT molecular complexity index is 394. The van der Waals surface area contributed by atoms with Crippen molar-refractivity contribution < 1.29 is 9.53 Å². The van der Waals surface area contributed by atoms with Crippen molar-refractivity contribution in [2.75, 3.05) is 26.7 Å². The molecule has 0 aliphatic carbocycles. The standard InChI is InChI=1S/C14H20N2O2/c1-11-9-16(14(17)8-15-2)13(10-18-11)12-6-4-3-5-7-12/h3-7,11,13,15H,8-10H2,1-2H3/t11-,13-/m1/s1. The molecule has 0 bridgehead atoms. The molecule has 0 spiro atoms. The van der Waals surface area contributed by atoms with Crippen LogP contribution in [0.25, 0.3) is 0 Å². The minimum Gasteiger partial charge on any atom is -0.374 e. The number of nitrogens with zero attached hydrogens (tertiary/aromatic N) is 1. The van der Waals surface area contributed by atoms with Crippen molar-refractivity contribution in [3.05, 3.63) is 35.9 Å². The molecule has 1 fully saturated rings. The van der Waals surface area contributed by atoms with Gasteiger partial charge in [-0.2, -0.15) is 0 Å². The van der Waals surface area contributed by atoms with Gasteiger partial charge in [-0.25, -0.2) is 0 Å². The van der Waals surface area contributed by atoms with E-state index in [-0.39, 0.29) is 18.1 Å². The molecule has 1 aliphatic rings. The maximum Gasteiger partial charge on any atom is 0.237 e. The van der Waals surface area contributed by atoms with Gasteiger partial charge in [-0.3, -0.25) is 4.79 Å². The van der Waals surface area contributed by atoms with E-state index in [9.17, 15) is 4.79 Å². The molecule has 0 radical (unpaired) electrons. The minimum atomic E-state index is 0.0308. The maximum absolute atomic E-state index is 12.1. The average Bonchev–Trinajstić information content (AvgIpc) is 2.40. The molecule has 1 amide bonds. The number of carbonyl (C=O) groups is 1. The smallest absolute Gasteiger partial charge is 0.237 e. The summed E-state index contributed by atoms with van der Waals surface area (Å²) in [5.74, 6) is 0.126. The summed E-state index contributed by atoms with van der Waals surface area (Å²) < 4.78 is 5.69. The zero-order valence-electron chi connectivity index (χ0n) is 10.9. The number of likely N-dealkylation sites (N-methyl/N-ethyl adjacent to an activating group) is 1. The predicted octanol–water partition coefficient (Wildman–Crippen LogP) is 1.19. The van der Waals surface area contributed by atoms with E-state index < -0.39 is 0 Å². The minimum absolute atomic E-state index is 0.0308. The van der Waals surface area contributed by atoms with Gasteiger partial charge in [0.1, 0.15) is 0 Å². The summed E-state index contributed by atoms with van der Waals surface area (Å²) in [6.45, 7) is 3.59. The van der Waals surface area contributed by atoms with E-state index in [1.165, 1.54) is 0 Å². The number of nitrogens with one attached hydrogen (secondary N) is 1. The molecule has 0 unspecified atom stereocenters. The average molecular weight is 248 g/mol. The number of hydrogen-bond acceptors (Lipinski definition) is 3. The summed E-state index contributed by atoms with van der Waals surface area (Å²) in [4.78, 5) is 14.1. The molecule has 1 N–H and O–H groups in total. The van der Waals surface area contributed by atoms with Crippen LogP contribution in [0.5, 0.6) is 0 Å². The Labute approximate surface area is 108 Å². The molecule has 1 aromatic rings. The van der Waals surface area contributed by atoms with E-state index in [1.54, 1.807) is 7.05 Å². The van der Waals surface area contributed by atoms with Gasteiger partial charge in [-0.05, 0) is 19.5 Å². The monoisotopic (exact) mass is 248 g/mol. The molecule has 1 heterocycles. The van der Waals surface area contributed by atoms with Crippen LogP contribution in [0.4, 0.5) is 0 Å². The first kappa shape index (κ1) is 13.1. The van der Waals surface area contributed by atoms with Crippen molar-refractivity contribution in [2.24, 2.45) is 0 Å². The number of hydrogen-bond donors (Lipinski definition) is 1. The van der Waals surface area contributed by atoms with Crippen LogP contribution in [0.2, 0.25) is 0 Å². The van der Waals surface area contributed by atoms with Crippen LogP contribution in [-0.4, -0.2) is 43.7 Å². The van der Waals surface area contributed by atoms with Crippen LogP contribution in [0.15, 0.2) is 30.3 Å². The van der Waals surface area contributed by atoms with Crippen molar-refractivity contribution in [2.45, 2.75) is 19.1 Å². The maximum atomic E-state index is 12.1. The van der Waals surface area contributed by atoms with Crippen LogP contribution < -0.4 is 5.32 Å². The van der Waals surface area contributed by atoms with E-state index >= 15 is 0 Å².